The average molecular weight is 548 g/mol. The van der Waals surface area contributed by atoms with Gasteiger partial charge in [0.25, 0.3) is 0 Å². The second kappa shape index (κ2) is 12.0. The van der Waals surface area contributed by atoms with Gasteiger partial charge in [-0.3, -0.25) is 9.88 Å². The van der Waals surface area contributed by atoms with Crippen molar-refractivity contribution in [1.29, 1.82) is 5.26 Å². The first kappa shape index (κ1) is 27.4. The molecule has 0 N–H and O–H groups in total. The van der Waals surface area contributed by atoms with Crippen molar-refractivity contribution in [2.45, 2.75) is 70.9 Å². The SMILES string of the molecule is C=C(C)c1ccc2nc(CN3CCC(c4cccc(CCc5ccc(C#N)cc5F)n4)CC3)n(CC3CCC3)c2c1. The molecule has 1 saturated carbocycles. The number of rotatable bonds is 9. The van der Waals surface area contributed by atoms with Crippen molar-refractivity contribution in [3.63, 3.8) is 0 Å². The van der Waals surface area contributed by atoms with Crippen molar-refractivity contribution in [1.82, 2.24) is 19.4 Å². The predicted octanol–water partition coefficient (Wildman–Crippen LogP) is 7.44. The molecule has 1 aliphatic heterocycles. The Morgan fingerprint density at radius 3 is 2.56 bits per heavy atom. The van der Waals surface area contributed by atoms with E-state index < -0.39 is 0 Å². The fraction of sp³-hybridized carbons (Fsp3) is 0.400. The van der Waals surface area contributed by atoms with Crippen molar-refractivity contribution in [3.05, 3.63) is 101 Å². The third kappa shape index (κ3) is 6.11. The van der Waals surface area contributed by atoms with E-state index in [2.05, 4.69) is 53.3 Å². The van der Waals surface area contributed by atoms with Crippen LogP contribution < -0.4 is 0 Å². The monoisotopic (exact) mass is 547 g/mol. The Kier molecular flexibility index (Phi) is 7.98. The fourth-order valence-electron chi connectivity index (χ4n) is 6.23. The third-order valence-corrected chi connectivity index (χ3v) is 9.02. The van der Waals surface area contributed by atoms with Crippen LogP contribution in [0.15, 0.2) is 61.2 Å². The predicted molar refractivity (Wildman–Crippen MR) is 162 cm³/mol. The molecule has 0 radical (unpaired) electrons. The van der Waals surface area contributed by atoms with Gasteiger partial charge in [0, 0.05) is 23.9 Å². The molecular weight excluding hydrogens is 509 g/mol. The maximum absolute atomic E-state index is 14.3. The summed E-state index contributed by atoms with van der Waals surface area (Å²) in [5, 5.41) is 8.98. The lowest BCUT2D eigenvalue weighted by Crippen LogP contribution is -2.34. The van der Waals surface area contributed by atoms with Crippen LogP contribution in [0, 0.1) is 23.1 Å². The van der Waals surface area contributed by atoms with Gasteiger partial charge >= 0.3 is 0 Å². The maximum Gasteiger partial charge on any atom is 0.127 e. The highest BCUT2D eigenvalue weighted by molar-refractivity contribution is 5.81. The highest BCUT2D eigenvalue weighted by Gasteiger charge is 2.25. The number of aromatic nitrogens is 3. The zero-order valence-electron chi connectivity index (χ0n) is 24.0. The summed E-state index contributed by atoms with van der Waals surface area (Å²) in [6, 6.07) is 19.5. The second-order valence-corrected chi connectivity index (χ2v) is 11.9. The minimum Gasteiger partial charge on any atom is -0.327 e. The lowest BCUT2D eigenvalue weighted by atomic mass is 9.85. The summed E-state index contributed by atoms with van der Waals surface area (Å²) >= 11 is 0. The molecule has 2 aromatic carbocycles. The van der Waals surface area contributed by atoms with Crippen LogP contribution in [0.2, 0.25) is 0 Å². The quantitative estimate of drug-likeness (QED) is 0.219. The van der Waals surface area contributed by atoms with Crippen molar-refractivity contribution >= 4 is 16.6 Å². The summed E-state index contributed by atoms with van der Waals surface area (Å²) < 4.78 is 16.8. The second-order valence-electron chi connectivity index (χ2n) is 11.9. The van der Waals surface area contributed by atoms with E-state index in [-0.39, 0.29) is 5.82 Å². The fourth-order valence-corrected chi connectivity index (χ4v) is 6.23. The van der Waals surface area contributed by atoms with E-state index >= 15 is 0 Å². The Morgan fingerprint density at radius 2 is 1.85 bits per heavy atom. The van der Waals surface area contributed by atoms with Crippen LogP contribution in [0.1, 0.15) is 78.8 Å². The molecule has 0 spiro atoms. The van der Waals surface area contributed by atoms with Gasteiger partial charge < -0.3 is 4.57 Å². The molecule has 0 unspecified atom stereocenters. The molecule has 3 heterocycles. The van der Waals surface area contributed by atoms with Gasteiger partial charge in [0.1, 0.15) is 11.6 Å². The molecule has 210 valence electrons. The molecule has 2 fully saturated rings. The largest absolute Gasteiger partial charge is 0.327 e. The van der Waals surface area contributed by atoms with Gasteiger partial charge in [-0.25, -0.2) is 9.37 Å². The summed E-state index contributed by atoms with van der Waals surface area (Å²) in [7, 11) is 0. The van der Waals surface area contributed by atoms with Crippen LogP contribution in [-0.2, 0) is 25.9 Å². The van der Waals surface area contributed by atoms with E-state index in [1.807, 2.05) is 12.1 Å². The van der Waals surface area contributed by atoms with Gasteiger partial charge in [-0.15, -0.1) is 0 Å². The molecule has 6 rings (SSSR count). The normalized spacial score (nSPS) is 16.5. The minimum absolute atomic E-state index is 0.315. The molecule has 0 bridgehead atoms. The molecular formula is C35H38FN5. The number of imidazole rings is 1. The first-order valence-electron chi connectivity index (χ1n) is 15.0. The van der Waals surface area contributed by atoms with Gasteiger partial charge in [-0.05, 0) is 112 Å². The first-order chi connectivity index (χ1) is 20.0. The van der Waals surface area contributed by atoms with Crippen molar-refractivity contribution in [2.24, 2.45) is 5.92 Å². The van der Waals surface area contributed by atoms with Gasteiger partial charge in [0.15, 0.2) is 0 Å². The minimum atomic E-state index is -0.315. The third-order valence-electron chi connectivity index (χ3n) is 9.02. The number of likely N-dealkylation sites (tertiary alicyclic amines) is 1. The number of halogens is 1. The summed E-state index contributed by atoms with van der Waals surface area (Å²) in [6.45, 7) is 10.2. The van der Waals surface area contributed by atoms with Crippen molar-refractivity contribution in [3.8, 4) is 6.07 Å². The number of hydrogen-bond acceptors (Lipinski definition) is 4. The van der Waals surface area contributed by atoms with Crippen molar-refractivity contribution < 1.29 is 4.39 Å². The zero-order valence-corrected chi connectivity index (χ0v) is 24.0. The first-order valence-corrected chi connectivity index (χ1v) is 15.0. The van der Waals surface area contributed by atoms with Crippen LogP contribution in [-0.4, -0.2) is 32.5 Å². The summed E-state index contributed by atoms with van der Waals surface area (Å²) in [6.07, 6.45) is 7.38. The van der Waals surface area contributed by atoms with Crippen LogP contribution >= 0.6 is 0 Å². The van der Waals surface area contributed by atoms with Crippen LogP contribution in [0.5, 0.6) is 0 Å². The number of allylic oxidation sites excluding steroid dienone is 1. The molecule has 1 saturated heterocycles. The molecule has 5 nitrogen and oxygen atoms in total. The molecule has 6 heteroatoms. The molecule has 0 atom stereocenters. The standard InChI is InChI=1S/C35H38FN5/c1-24(2)29-12-14-33-34(20-29)41(22-25-5-3-6-25)35(39-33)23-40-17-15-28(16-18-40)32-8-4-7-30(38-32)13-11-27-10-9-26(21-37)19-31(27)36/h4,7-10,12,14,19-20,25,28H,1,3,5-6,11,13,15-18,22-23H2,2H3. The number of nitrogens with zero attached hydrogens (tertiary/aromatic N) is 5. The number of benzene rings is 2. The Balaban J connectivity index is 1.10. The van der Waals surface area contributed by atoms with Crippen LogP contribution in [0.4, 0.5) is 4.39 Å². The van der Waals surface area contributed by atoms with E-state index in [4.69, 9.17) is 15.2 Å². The molecule has 2 aliphatic rings. The summed E-state index contributed by atoms with van der Waals surface area (Å²) in [5.74, 6) is 2.06. The maximum atomic E-state index is 14.3. The Labute approximate surface area is 242 Å². The molecule has 0 amide bonds. The molecule has 1 aliphatic carbocycles. The lowest BCUT2D eigenvalue weighted by Gasteiger charge is -2.32. The van der Waals surface area contributed by atoms with Gasteiger partial charge in [-0.2, -0.15) is 5.26 Å². The van der Waals surface area contributed by atoms with E-state index in [0.29, 0.717) is 29.9 Å². The highest BCUT2D eigenvalue weighted by atomic mass is 19.1. The van der Waals surface area contributed by atoms with Crippen molar-refractivity contribution in [2.75, 3.05) is 13.1 Å². The van der Waals surface area contributed by atoms with E-state index in [9.17, 15) is 4.39 Å². The molecule has 2 aromatic heterocycles. The van der Waals surface area contributed by atoms with Crippen LogP contribution in [0.3, 0.4) is 0 Å². The topological polar surface area (TPSA) is 57.7 Å². The highest BCUT2D eigenvalue weighted by Crippen LogP contribution is 2.32. The van der Waals surface area contributed by atoms with E-state index in [0.717, 1.165) is 67.4 Å². The zero-order chi connectivity index (χ0) is 28.3. The molecule has 41 heavy (non-hydrogen) atoms. The average Bonchev–Trinajstić information content (AvgIpc) is 3.30. The number of aryl methyl sites for hydroxylation is 2. The number of pyridine rings is 1. The molecule has 4 aromatic rings. The smallest absolute Gasteiger partial charge is 0.127 e. The van der Waals surface area contributed by atoms with Gasteiger partial charge in [0.2, 0.25) is 0 Å². The number of nitriles is 1. The number of piperidine rings is 1. The lowest BCUT2D eigenvalue weighted by molar-refractivity contribution is 0.193. The van der Waals surface area contributed by atoms with Gasteiger partial charge in [0.05, 0.1) is 29.2 Å². The Hall–Kier alpha value is -3.82. The number of fused-ring (bicyclic) bond motifs is 1. The summed E-state index contributed by atoms with van der Waals surface area (Å²) in [4.78, 5) is 12.6. The number of hydrogen-bond donors (Lipinski definition) is 0. The Bertz CT molecular complexity index is 1600. The van der Waals surface area contributed by atoms with E-state index in [1.54, 1.807) is 12.1 Å². The van der Waals surface area contributed by atoms with Gasteiger partial charge in [-0.1, -0.05) is 36.8 Å². The summed E-state index contributed by atoms with van der Waals surface area (Å²) in [5.41, 5.74) is 7.72. The Morgan fingerprint density at radius 1 is 1.02 bits per heavy atom. The van der Waals surface area contributed by atoms with Crippen LogP contribution in [0.25, 0.3) is 16.6 Å². The van der Waals surface area contributed by atoms with E-state index in [1.165, 1.54) is 42.2 Å².